The quantitative estimate of drug-likeness (QED) is 0.680. The van der Waals surface area contributed by atoms with Crippen LogP contribution in [0.5, 0.6) is 0 Å². The van der Waals surface area contributed by atoms with Gasteiger partial charge in [-0.15, -0.1) is 0 Å². The van der Waals surface area contributed by atoms with E-state index >= 15 is 0 Å². The van der Waals surface area contributed by atoms with Crippen LogP contribution in [0.4, 0.5) is 0 Å². The van der Waals surface area contributed by atoms with Gasteiger partial charge in [0, 0.05) is 12.6 Å². The lowest BCUT2D eigenvalue weighted by Gasteiger charge is -2.37. The van der Waals surface area contributed by atoms with Gasteiger partial charge in [-0.25, -0.2) is 0 Å². The highest BCUT2D eigenvalue weighted by Crippen LogP contribution is 2.31. The first-order valence-corrected chi connectivity index (χ1v) is 6.14. The third-order valence-corrected chi connectivity index (χ3v) is 3.22. The van der Waals surface area contributed by atoms with Crippen LogP contribution >= 0.6 is 0 Å². The van der Waals surface area contributed by atoms with Crippen LogP contribution < -0.4 is 5.32 Å². The third kappa shape index (κ3) is 3.25. The van der Waals surface area contributed by atoms with Gasteiger partial charge in [0.15, 0.2) is 0 Å². The van der Waals surface area contributed by atoms with Crippen LogP contribution in [0.2, 0.25) is 0 Å². The molecule has 1 aliphatic carbocycles. The summed E-state index contributed by atoms with van der Waals surface area (Å²) in [6.45, 7) is 8.45. The highest BCUT2D eigenvalue weighted by atomic mass is 16.5. The molecule has 84 valence electrons. The molecule has 2 nitrogen and oxygen atoms in total. The summed E-state index contributed by atoms with van der Waals surface area (Å²) >= 11 is 0. The smallest absolute Gasteiger partial charge is 0.0702 e. The van der Waals surface area contributed by atoms with Crippen molar-refractivity contribution < 1.29 is 4.74 Å². The van der Waals surface area contributed by atoms with Gasteiger partial charge in [0.25, 0.3) is 0 Å². The Kier molecular flexibility index (Phi) is 5.49. The van der Waals surface area contributed by atoms with E-state index in [2.05, 4.69) is 26.1 Å². The minimum atomic E-state index is 0.372. The fourth-order valence-corrected chi connectivity index (χ4v) is 2.19. The number of rotatable bonds is 7. The molecule has 0 aromatic carbocycles. The van der Waals surface area contributed by atoms with E-state index in [9.17, 15) is 0 Å². The minimum absolute atomic E-state index is 0.372. The minimum Gasteiger partial charge on any atom is -0.377 e. The maximum Gasteiger partial charge on any atom is 0.0702 e. The predicted molar refractivity (Wildman–Crippen MR) is 60.5 cm³/mol. The van der Waals surface area contributed by atoms with Gasteiger partial charge in [0.1, 0.15) is 0 Å². The molecule has 0 radical (unpaired) electrons. The maximum atomic E-state index is 5.70. The predicted octanol–water partition coefficient (Wildman–Crippen LogP) is 2.58. The second-order valence-electron chi connectivity index (χ2n) is 4.33. The SMILES string of the molecule is CCCNC(C1CCC1)C(C)OCC. The van der Waals surface area contributed by atoms with Crippen molar-refractivity contribution in [3.05, 3.63) is 0 Å². The number of hydrogen-bond donors (Lipinski definition) is 1. The Labute approximate surface area is 88.4 Å². The highest BCUT2D eigenvalue weighted by Gasteiger charge is 2.30. The lowest BCUT2D eigenvalue weighted by atomic mass is 9.78. The summed E-state index contributed by atoms with van der Waals surface area (Å²) in [5.41, 5.74) is 0. The molecule has 0 aromatic heterocycles. The fourth-order valence-electron chi connectivity index (χ4n) is 2.19. The van der Waals surface area contributed by atoms with Gasteiger partial charge >= 0.3 is 0 Å². The van der Waals surface area contributed by atoms with E-state index in [1.54, 1.807) is 0 Å². The molecule has 1 saturated carbocycles. The molecule has 1 aliphatic rings. The first kappa shape index (κ1) is 12.0. The molecule has 1 N–H and O–H groups in total. The molecule has 2 unspecified atom stereocenters. The van der Waals surface area contributed by atoms with E-state index in [0.717, 1.165) is 19.1 Å². The molecule has 0 saturated heterocycles. The zero-order chi connectivity index (χ0) is 10.4. The van der Waals surface area contributed by atoms with Crippen LogP contribution in [0.3, 0.4) is 0 Å². The molecule has 14 heavy (non-hydrogen) atoms. The van der Waals surface area contributed by atoms with Crippen LogP contribution in [0.1, 0.15) is 46.5 Å². The van der Waals surface area contributed by atoms with Crippen molar-refractivity contribution in [3.8, 4) is 0 Å². The topological polar surface area (TPSA) is 21.3 Å². The second kappa shape index (κ2) is 6.41. The summed E-state index contributed by atoms with van der Waals surface area (Å²) in [7, 11) is 0. The first-order valence-electron chi connectivity index (χ1n) is 6.14. The molecule has 0 amide bonds. The van der Waals surface area contributed by atoms with E-state index in [-0.39, 0.29) is 0 Å². The summed E-state index contributed by atoms with van der Waals surface area (Å²) in [5.74, 6) is 0.864. The molecule has 0 aliphatic heterocycles. The van der Waals surface area contributed by atoms with Crippen molar-refractivity contribution in [3.63, 3.8) is 0 Å². The van der Waals surface area contributed by atoms with Crippen molar-refractivity contribution in [2.75, 3.05) is 13.2 Å². The van der Waals surface area contributed by atoms with Gasteiger partial charge < -0.3 is 10.1 Å². The molecule has 0 spiro atoms. The Hall–Kier alpha value is -0.0800. The van der Waals surface area contributed by atoms with Crippen LogP contribution in [0.25, 0.3) is 0 Å². The van der Waals surface area contributed by atoms with E-state index < -0.39 is 0 Å². The molecule has 1 rings (SSSR count). The zero-order valence-electron chi connectivity index (χ0n) is 9.88. The van der Waals surface area contributed by atoms with Gasteiger partial charge in [0.2, 0.25) is 0 Å². The summed E-state index contributed by atoms with van der Waals surface area (Å²) in [6, 6.07) is 0.587. The summed E-state index contributed by atoms with van der Waals surface area (Å²) < 4.78 is 5.70. The number of ether oxygens (including phenoxy) is 1. The Morgan fingerprint density at radius 2 is 2.07 bits per heavy atom. The summed E-state index contributed by atoms with van der Waals surface area (Å²) in [5, 5.41) is 3.63. The lowest BCUT2D eigenvalue weighted by molar-refractivity contribution is 0.0159. The van der Waals surface area contributed by atoms with E-state index in [0.29, 0.717) is 12.1 Å². The van der Waals surface area contributed by atoms with Crippen molar-refractivity contribution >= 4 is 0 Å². The van der Waals surface area contributed by atoms with E-state index in [1.165, 1.54) is 25.7 Å². The van der Waals surface area contributed by atoms with Gasteiger partial charge in [-0.1, -0.05) is 13.3 Å². The van der Waals surface area contributed by atoms with Gasteiger partial charge in [-0.3, -0.25) is 0 Å². The standard InChI is InChI=1S/C12H25NO/c1-4-9-13-12(10(3)14-5-2)11-7-6-8-11/h10-13H,4-9H2,1-3H3. The Bertz CT molecular complexity index is 145. The second-order valence-corrected chi connectivity index (χ2v) is 4.33. The molecule has 1 fully saturated rings. The van der Waals surface area contributed by atoms with Crippen LogP contribution in [-0.2, 0) is 4.74 Å². The monoisotopic (exact) mass is 199 g/mol. The molecule has 0 aromatic rings. The van der Waals surface area contributed by atoms with Crippen LogP contribution in [0.15, 0.2) is 0 Å². The largest absolute Gasteiger partial charge is 0.377 e. The molecule has 2 atom stereocenters. The van der Waals surface area contributed by atoms with Gasteiger partial charge in [-0.05, 0) is 45.6 Å². The Morgan fingerprint density at radius 3 is 2.50 bits per heavy atom. The molecule has 0 bridgehead atoms. The molecule has 0 heterocycles. The van der Waals surface area contributed by atoms with E-state index in [4.69, 9.17) is 4.74 Å². The van der Waals surface area contributed by atoms with Crippen molar-refractivity contribution in [2.45, 2.75) is 58.6 Å². The first-order chi connectivity index (χ1) is 6.79. The normalized spacial score (nSPS) is 21.6. The Morgan fingerprint density at radius 1 is 1.36 bits per heavy atom. The molecular formula is C12H25NO. The average Bonchev–Trinajstić information content (AvgIpc) is 2.09. The summed E-state index contributed by atoms with van der Waals surface area (Å²) in [6.07, 6.45) is 5.77. The molecular weight excluding hydrogens is 174 g/mol. The lowest BCUT2D eigenvalue weighted by Crippen LogP contribution is -2.48. The van der Waals surface area contributed by atoms with Crippen molar-refractivity contribution in [2.24, 2.45) is 5.92 Å². The zero-order valence-corrected chi connectivity index (χ0v) is 9.88. The average molecular weight is 199 g/mol. The van der Waals surface area contributed by atoms with E-state index in [1.807, 2.05) is 0 Å². The fraction of sp³-hybridized carbons (Fsp3) is 1.00. The van der Waals surface area contributed by atoms with Gasteiger partial charge in [-0.2, -0.15) is 0 Å². The number of hydrogen-bond acceptors (Lipinski definition) is 2. The maximum absolute atomic E-state index is 5.70. The van der Waals surface area contributed by atoms with Crippen LogP contribution in [-0.4, -0.2) is 25.3 Å². The molecule has 2 heteroatoms. The van der Waals surface area contributed by atoms with Crippen molar-refractivity contribution in [1.29, 1.82) is 0 Å². The Balaban J connectivity index is 2.34. The number of nitrogens with one attached hydrogen (secondary N) is 1. The summed E-state index contributed by atoms with van der Waals surface area (Å²) in [4.78, 5) is 0. The third-order valence-electron chi connectivity index (χ3n) is 3.22. The van der Waals surface area contributed by atoms with Crippen molar-refractivity contribution in [1.82, 2.24) is 5.32 Å². The van der Waals surface area contributed by atoms with Crippen LogP contribution in [0, 0.1) is 5.92 Å². The highest BCUT2D eigenvalue weighted by molar-refractivity contribution is 4.86. The van der Waals surface area contributed by atoms with Gasteiger partial charge in [0.05, 0.1) is 6.10 Å².